The van der Waals surface area contributed by atoms with Crippen LogP contribution < -0.4 is 23.8 Å². The number of amides is 1. The number of hydrogen-bond acceptors (Lipinski definition) is 6. The van der Waals surface area contributed by atoms with E-state index in [9.17, 15) is 13.2 Å². The first-order valence-corrected chi connectivity index (χ1v) is 14.0. The summed E-state index contributed by atoms with van der Waals surface area (Å²) in [6.45, 7) is 1.85. The number of para-hydroxylation sites is 1. The molecule has 0 fully saturated rings. The van der Waals surface area contributed by atoms with Gasteiger partial charge in [-0.3, -0.25) is 9.10 Å². The van der Waals surface area contributed by atoms with Gasteiger partial charge >= 0.3 is 0 Å². The predicted octanol–water partition coefficient (Wildman–Crippen LogP) is 5.60. The van der Waals surface area contributed by atoms with Crippen LogP contribution in [0, 0.1) is 0 Å². The van der Waals surface area contributed by atoms with Crippen molar-refractivity contribution in [3.05, 3.63) is 114 Å². The number of hydrogen-bond donors (Lipinski definition) is 1. The van der Waals surface area contributed by atoms with Gasteiger partial charge < -0.3 is 19.5 Å². The minimum absolute atomic E-state index is 0.0265. The van der Waals surface area contributed by atoms with E-state index in [0.717, 1.165) is 11.1 Å². The number of methoxy groups -OCH3 is 3. The number of benzene rings is 4. The number of carbonyl (C=O) groups excluding carboxylic acids is 1. The van der Waals surface area contributed by atoms with Gasteiger partial charge in [-0.25, -0.2) is 8.42 Å². The van der Waals surface area contributed by atoms with Gasteiger partial charge in [0, 0.05) is 5.56 Å². The average Bonchev–Trinajstić information content (AvgIpc) is 2.99. The van der Waals surface area contributed by atoms with E-state index in [4.69, 9.17) is 14.2 Å². The van der Waals surface area contributed by atoms with Gasteiger partial charge in [-0.05, 0) is 67.1 Å². The first-order valence-electron chi connectivity index (χ1n) is 12.6. The van der Waals surface area contributed by atoms with Crippen molar-refractivity contribution >= 4 is 21.6 Å². The van der Waals surface area contributed by atoms with Crippen LogP contribution in [0.1, 0.15) is 34.5 Å². The molecule has 0 saturated heterocycles. The molecular formula is C31H32N2O6S. The highest BCUT2D eigenvalue weighted by Crippen LogP contribution is 2.32. The Kier molecular flexibility index (Phi) is 8.96. The second kappa shape index (κ2) is 12.6. The van der Waals surface area contributed by atoms with Crippen molar-refractivity contribution in [3.8, 4) is 17.2 Å². The molecule has 40 heavy (non-hydrogen) atoms. The molecule has 8 nitrogen and oxygen atoms in total. The van der Waals surface area contributed by atoms with Gasteiger partial charge in [-0.1, -0.05) is 42.5 Å². The van der Waals surface area contributed by atoms with Crippen LogP contribution in [0.15, 0.2) is 102 Å². The van der Waals surface area contributed by atoms with Crippen LogP contribution in [0.25, 0.3) is 0 Å². The predicted molar refractivity (Wildman–Crippen MR) is 155 cm³/mol. The van der Waals surface area contributed by atoms with E-state index in [0.29, 0.717) is 17.2 Å². The fourth-order valence-electron chi connectivity index (χ4n) is 4.34. The number of sulfonamides is 1. The molecule has 0 heterocycles. The van der Waals surface area contributed by atoms with Crippen molar-refractivity contribution in [1.82, 2.24) is 5.32 Å². The van der Waals surface area contributed by atoms with Crippen LogP contribution in [0.4, 0.5) is 5.69 Å². The van der Waals surface area contributed by atoms with E-state index in [-0.39, 0.29) is 22.7 Å². The van der Waals surface area contributed by atoms with Crippen molar-refractivity contribution in [2.75, 3.05) is 25.6 Å². The molecule has 4 rings (SSSR count). The van der Waals surface area contributed by atoms with Crippen LogP contribution in [0.5, 0.6) is 17.2 Å². The van der Waals surface area contributed by atoms with Gasteiger partial charge in [-0.15, -0.1) is 0 Å². The largest absolute Gasteiger partial charge is 0.497 e. The highest BCUT2D eigenvalue weighted by atomic mass is 32.2. The van der Waals surface area contributed by atoms with E-state index in [1.165, 1.54) is 23.5 Å². The summed E-state index contributed by atoms with van der Waals surface area (Å²) in [5.41, 5.74) is 1.96. The minimum atomic E-state index is -4.07. The fourth-order valence-corrected chi connectivity index (χ4v) is 5.81. The van der Waals surface area contributed by atoms with E-state index in [2.05, 4.69) is 5.32 Å². The standard InChI is InChI=1S/C31H32N2O6S/c1-22(28-20-25(38-3)16-19-30(28)39-4)32-31(34)27-12-8-9-13-29(27)33(21-23-10-6-5-7-11-23)40(35,36)26-17-14-24(37-2)15-18-26/h5-20,22H,21H2,1-4H3,(H,32,34)/t22-/m0/s1. The second-order valence-corrected chi connectivity index (χ2v) is 10.9. The number of nitrogens with one attached hydrogen (secondary N) is 1. The van der Waals surface area contributed by atoms with Crippen LogP contribution in [0.2, 0.25) is 0 Å². The third-order valence-electron chi connectivity index (χ3n) is 6.48. The number of anilines is 1. The van der Waals surface area contributed by atoms with E-state index < -0.39 is 22.0 Å². The number of rotatable bonds is 11. The zero-order valence-corrected chi connectivity index (χ0v) is 23.6. The van der Waals surface area contributed by atoms with Gasteiger partial charge in [0.25, 0.3) is 15.9 Å². The maximum atomic E-state index is 14.0. The molecule has 0 saturated carbocycles. The normalized spacial score (nSPS) is 11.8. The lowest BCUT2D eigenvalue weighted by molar-refractivity contribution is 0.0940. The number of ether oxygens (including phenoxy) is 3. The average molecular weight is 561 g/mol. The second-order valence-electron chi connectivity index (χ2n) is 8.99. The van der Waals surface area contributed by atoms with Gasteiger partial charge in [0.1, 0.15) is 17.2 Å². The Morgan fingerprint density at radius 2 is 1.43 bits per heavy atom. The van der Waals surface area contributed by atoms with Crippen LogP contribution >= 0.6 is 0 Å². The lowest BCUT2D eigenvalue weighted by atomic mass is 10.1. The Labute approximate surface area is 235 Å². The Morgan fingerprint density at radius 1 is 0.800 bits per heavy atom. The quantitative estimate of drug-likeness (QED) is 0.257. The summed E-state index contributed by atoms with van der Waals surface area (Å²) in [4.78, 5) is 13.8. The Morgan fingerprint density at radius 3 is 2.08 bits per heavy atom. The fraction of sp³-hybridized carbons (Fsp3) is 0.194. The topological polar surface area (TPSA) is 94.2 Å². The molecule has 0 aliphatic rings. The smallest absolute Gasteiger partial charge is 0.264 e. The van der Waals surface area contributed by atoms with Gasteiger partial charge in [-0.2, -0.15) is 0 Å². The first kappa shape index (κ1) is 28.5. The molecule has 0 aliphatic heterocycles. The van der Waals surface area contributed by atoms with Crippen LogP contribution in [-0.4, -0.2) is 35.7 Å². The van der Waals surface area contributed by atoms with Gasteiger partial charge in [0.2, 0.25) is 0 Å². The summed E-state index contributed by atoms with van der Waals surface area (Å²) < 4.78 is 45.4. The van der Waals surface area contributed by atoms with Crippen molar-refractivity contribution in [2.24, 2.45) is 0 Å². The zero-order valence-electron chi connectivity index (χ0n) is 22.8. The molecule has 0 aromatic heterocycles. The molecule has 0 unspecified atom stereocenters. The molecule has 208 valence electrons. The summed E-state index contributed by atoms with van der Waals surface area (Å²) in [7, 11) is 0.565. The van der Waals surface area contributed by atoms with Gasteiger partial charge in [0.05, 0.1) is 50.1 Å². The molecule has 0 bridgehead atoms. The van der Waals surface area contributed by atoms with E-state index in [1.54, 1.807) is 68.8 Å². The third kappa shape index (κ3) is 6.21. The maximum Gasteiger partial charge on any atom is 0.264 e. The molecule has 4 aromatic rings. The van der Waals surface area contributed by atoms with Crippen molar-refractivity contribution in [1.29, 1.82) is 0 Å². The Hall–Kier alpha value is -4.50. The molecule has 1 N–H and O–H groups in total. The van der Waals surface area contributed by atoms with Gasteiger partial charge in [0.15, 0.2) is 0 Å². The SMILES string of the molecule is COc1ccc(S(=O)(=O)N(Cc2ccccc2)c2ccccc2C(=O)N[C@@H](C)c2cc(OC)ccc2OC)cc1. The van der Waals surface area contributed by atoms with Crippen molar-refractivity contribution < 1.29 is 27.4 Å². The summed E-state index contributed by atoms with van der Waals surface area (Å²) in [5.74, 6) is 1.32. The molecule has 0 radical (unpaired) electrons. The van der Waals surface area contributed by atoms with E-state index >= 15 is 0 Å². The monoisotopic (exact) mass is 560 g/mol. The summed E-state index contributed by atoms with van der Waals surface area (Å²) >= 11 is 0. The summed E-state index contributed by atoms with van der Waals surface area (Å²) in [5, 5.41) is 2.99. The molecular weight excluding hydrogens is 528 g/mol. The van der Waals surface area contributed by atoms with Crippen LogP contribution in [0.3, 0.4) is 0 Å². The summed E-state index contributed by atoms with van der Waals surface area (Å²) in [6, 6.07) is 26.9. The number of carbonyl (C=O) groups is 1. The lowest BCUT2D eigenvalue weighted by Crippen LogP contribution is -2.34. The molecule has 4 aromatic carbocycles. The van der Waals surface area contributed by atoms with Crippen molar-refractivity contribution in [3.63, 3.8) is 0 Å². The number of nitrogens with zero attached hydrogens (tertiary/aromatic N) is 1. The molecule has 9 heteroatoms. The molecule has 1 amide bonds. The summed E-state index contributed by atoms with van der Waals surface area (Å²) in [6.07, 6.45) is 0. The van der Waals surface area contributed by atoms with Crippen molar-refractivity contribution in [2.45, 2.75) is 24.4 Å². The first-order chi connectivity index (χ1) is 19.3. The highest BCUT2D eigenvalue weighted by Gasteiger charge is 2.29. The minimum Gasteiger partial charge on any atom is -0.497 e. The molecule has 0 aliphatic carbocycles. The third-order valence-corrected chi connectivity index (χ3v) is 8.26. The van der Waals surface area contributed by atoms with E-state index in [1.807, 2.05) is 37.3 Å². The molecule has 0 spiro atoms. The Balaban J connectivity index is 1.74. The highest BCUT2D eigenvalue weighted by molar-refractivity contribution is 7.92. The lowest BCUT2D eigenvalue weighted by Gasteiger charge is -2.27. The zero-order chi connectivity index (χ0) is 28.7. The maximum absolute atomic E-state index is 14.0. The molecule has 1 atom stereocenters. The van der Waals surface area contributed by atoms with Crippen LogP contribution in [-0.2, 0) is 16.6 Å². The Bertz CT molecular complexity index is 1560.